The van der Waals surface area contributed by atoms with Gasteiger partial charge in [-0.05, 0) is 28.7 Å². The van der Waals surface area contributed by atoms with Gasteiger partial charge < -0.3 is 10.2 Å². The van der Waals surface area contributed by atoms with E-state index in [0.29, 0.717) is 25.2 Å². The number of carbonyl (C=O) groups is 1. The molecule has 0 aromatic heterocycles. The van der Waals surface area contributed by atoms with E-state index >= 15 is 0 Å². The van der Waals surface area contributed by atoms with Gasteiger partial charge in [-0.3, -0.25) is 4.90 Å². The second kappa shape index (κ2) is 10.1. The molecule has 0 bridgehead atoms. The Morgan fingerprint density at radius 1 is 1.06 bits per heavy atom. The molecule has 1 aliphatic heterocycles. The largest absolute Gasteiger partial charge is 0.416 e. The third-order valence-electron chi connectivity index (χ3n) is 6.72. The monoisotopic (exact) mass is 469 g/mol. The average molecular weight is 470 g/mol. The van der Waals surface area contributed by atoms with Crippen molar-refractivity contribution in [1.82, 2.24) is 15.1 Å². The SMILES string of the molecule is CNC(=O)N1CCN(CC2=CC(C)C(c3ccccc3C(F)(F)F)C=C2)CC1c1ccccc1. The van der Waals surface area contributed by atoms with Crippen LogP contribution >= 0.6 is 0 Å². The number of amides is 2. The van der Waals surface area contributed by atoms with Crippen LogP contribution in [0, 0.1) is 5.92 Å². The van der Waals surface area contributed by atoms with Crippen LogP contribution in [-0.2, 0) is 6.18 Å². The van der Waals surface area contributed by atoms with E-state index in [1.165, 1.54) is 6.07 Å². The van der Waals surface area contributed by atoms with Crippen LogP contribution < -0.4 is 5.32 Å². The van der Waals surface area contributed by atoms with Crippen LogP contribution in [0.2, 0.25) is 0 Å². The highest BCUT2D eigenvalue weighted by Gasteiger charge is 2.36. The van der Waals surface area contributed by atoms with Gasteiger partial charge >= 0.3 is 12.2 Å². The lowest BCUT2D eigenvalue weighted by Gasteiger charge is -2.42. The van der Waals surface area contributed by atoms with Crippen molar-refractivity contribution in [3.05, 3.63) is 95.1 Å². The molecule has 2 aromatic rings. The Labute approximate surface area is 198 Å². The van der Waals surface area contributed by atoms with E-state index in [2.05, 4.69) is 16.3 Å². The molecule has 1 aliphatic carbocycles. The van der Waals surface area contributed by atoms with Gasteiger partial charge in [0.15, 0.2) is 0 Å². The van der Waals surface area contributed by atoms with E-state index in [1.807, 2.05) is 54.3 Å². The molecule has 1 saturated heterocycles. The number of piperazine rings is 1. The Morgan fingerprint density at radius 2 is 1.76 bits per heavy atom. The molecular formula is C27H30F3N3O. The summed E-state index contributed by atoms with van der Waals surface area (Å²) in [6.45, 7) is 4.69. The summed E-state index contributed by atoms with van der Waals surface area (Å²) in [5, 5.41) is 2.74. The lowest BCUT2D eigenvalue weighted by atomic mass is 9.80. The fraction of sp³-hybridized carbons (Fsp3) is 0.370. The molecular weight excluding hydrogens is 439 g/mol. The lowest BCUT2D eigenvalue weighted by Crippen LogP contribution is -2.53. The van der Waals surface area contributed by atoms with Gasteiger partial charge in [-0.15, -0.1) is 0 Å². The minimum atomic E-state index is -4.37. The van der Waals surface area contributed by atoms with Crippen molar-refractivity contribution >= 4 is 6.03 Å². The summed E-state index contributed by atoms with van der Waals surface area (Å²) in [6.07, 6.45) is 1.58. The summed E-state index contributed by atoms with van der Waals surface area (Å²) >= 11 is 0. The molecule has 34 heavy (non-hydrogen) atoms. The maximum atomic E-state index is 13.5. The summed E-state index contributed by atoms with van der Waals surface area (Å²) in [6, 6.07) is 15.7. The van der Waals surface area contributed by atoms with Gasteiger partial charge in [0.1, 0.15) is 0 Å². The number of nitrogens with zero attached hydrogens (tertiary/aromatic N) is 2. The van der Waals surface area contributed by atoms with Gasteiger partial charge in [-0.2, -0.15) is 13.2 Å². The molecule has 0 radical (unpaired) electrons. The third-order valence-corrected chi connectivity index (χ3v) is 6.72. The van der Waals surface area contributed by atoms with Crippen LogP contribution in [0.3, 0.4) is 0 Å². The Kier molecular flexibility index (Phi) is 7.12. The number of halogens is 3. The summed E-state index contributed by atoms with van der Waals surface area (Å²) in [5.41, 5.74) is 1.93. The van der Waals surface area contributed by atoms with Gasteiger partial charge in [0.25, 0.3) is 0 Å². The zero-order valence-electron chi connectivity index (χ0n) is 19.4. The Morgan fingerprint density at radius 3 is 2.44 bits per heavy atom. The third kappa shape index (κ3) is 5.20. The lowest BCUT2D eigenvalue weighted by molar-refractivity contribution is -0.138. The second-order valence-corrected chi connectivity index (χ2v) is 8.98. The molecule has 1 fully saturated rings. The topological polar surface area (TPSA) is 35.6 Å². The number of rotatable bonds is 4. The number of carbonyl (C=O) groups excluding carboxylic acids is 1. The molecule has 2 amide bonds. The second-order valence-electron chi connectivity index (χ2n) is 8.98. The van der Waals surface area contributed by atoms with E-state index in [4.69, 9.17) is 0 Å². The van der Waals surface area contributed by atoms with Gasteiger partial charge in [-0.1, -0.05) is 73.7 Å². The van der Waals surface area contributed by atoms with Crippen molar-refractivity contribution in [2.45, 2.75) is 25.1 Å². The first-order valence-corrected chi connectivity index (χ1v) is 11.6. The number of urea groups is 1. The van der Waals surface area contributed by atoms with Crippen molar-refractivity contribution in [3.63, 3.8) is 0 Å². The van der Waals surface area contributed by atoms with Crippen molar-refractivity contribution < 1.29 is 18.0 Å². The number of alkyl halides is 3. The van der Waals surface area contributed by atoms with E-state index < -0.39 is 11.7 Å². The molecule has 4 rings (SSSR count). The fourth-order valence-corrected chi connectivity index (χ4v) is 5.03. The van der Waals surface area contributed by atoms with E-state index in [-0.39, 0.29) is 23.9 Å². The predicted octanol–water partition coefficient (Wildman–Crippen LogP) is 5.62. The molecule has 7 heteroatoms. The smallest absolute Gasteiger partial charge is 0.341 e. The number of benzene rings is 2. The van der Waals surface area contributed by atoms with E-state index in [9.17, 15) is 18.0 Å². The van der Waals surface area contributed by atoms with Crippen LogP contribution in [0.5, 0.6) is 0 Å². The molecule has 180 valence electrons. The molecule has 2 aromatic carbocycles. The van der Waals surface area contributed by atoms with Gasteiger partial charge in [0, 0.05) is 39.1 Å². The Hall–Kier alpha value is -3.06. The maximum absolute atomic E-state index is 13.5. The van der Waals surface area contributed by atoms with Crippen molar-refractivity contribution in [1.29, 1.82) is 0 Å². The summed E-state index contributed by atoms with van der Waals surface area (Å²) in [4.78, 5) is 16.6. The Bertz CT molecular complexity index is 1060. The first kappa shape index (κ1) is 24.1. The zero-order chi connectivity index (χ0) is 24.3. The van der Waals surface area contributed by atoms with E-state index in [1.54, 1.807) is 19.2 Å². The first-order valence-electron chi connectivity index (χ1n) is 11.6. The zero-order valence-corrected chi connectivity index (χ0v) is 19.4. The molecule has 4 nitrogen and oxygen atoms in total. The summed E-state index contributed by atoms with van der Waals surface area (Å²) in [7, 11) is 1.64. The molecule has 0 saturated carbocycles. The number of nitrogens with one attached hydrogen (secondary N) is 1. The minimum Gasteiger partial charge on any atom is -0.341 e. The van der Waals surface area contributed by atoms with Gasteiger partial charge in [-0.25, -0.2) is 4.79 Å². The standard InChI is InChI=1S/C27H30F3N3O/c1-19-16-20(12-13-22(19)23-10-6-7-11-24(23)27(28,29)30)17-32-14-15-33(26(34)31-2)25(18-32)21-8-4-3-5-9-21/h3-13,16,19,22,25H,14-15,17-18H2,1-2H3,(H,31,34). The van der Waals surface area contributed by atoms with Crippen LogP contribution in [0.25, 0.3) is 0 Å². The van der Waals surface area contributed by atoms with E-state index in [0.717, 1.165) is 23.7 Å². The van der Waals surface area contributed by atoms with Crippen LogP contribution in [0.4, 0.5) is 18.0 Å². The highest BCUT2D eigenvalue weighted by molar-refractivity contribution is 5.74. The molecule has 3 atom stereocenters. The van der Waals surface area contributed by atoms with Crippen molar-refractivity contribution in [3.8, 4) is 0 Å². The van der Waals surface area contributed by atoms with Gasteiger partial charge in [0.05, 0.1) is 11.6 Å². The van der Waals surface area contributed by atoms with Crippen LogP contribution in [0.1, 0.15) is 35.6 Å². The molecule has 1 heterocycles. The molecule has 1 N–H and O–H groups in total. The molecule has 0 spiro atoms. The average Bonchev–Trinajstić information content (AvgIpc) is 2.84. The van der Waals surface area contributed by atoms with Gasteiger partial charge in [0.2, 0.25) is 0 Å². The first-order chi connectivity index (χ1) is 16.3. The van der Waals surface area contributed by atoms with Crippen molar-refractivity contribution in [2.75, 3.05) is 33.2 Å². The molecule has 2 aliphatic rings. The molecule has 3 unspecified atom stereocenters. The predicted molar refractivity (Wildman–Crippen MR) is 127 cm³/mol. The normalized spacial score (nSPS) is 23.5. The van der Waals surface area contributed by atoms with Crippen LogP contribution in [-0.4, -0.2) is 49.1 Å². The highest BCUT2D eigenvalue weighted by Crippen LogP contribution is 2.40. The Balaban J connectivity index is 1.48. The summed E-state index contributed by atoms with van der Waals surface area (Å²) < 4.78 is 40.6. The van der Waals surface area contributed by atoms with Crippen molar-refractivity contribution in [2.24, 2.45) is 5.92 Å². The summed E-state index contributed by atoms with van der Waals surface area (Å²) in [5.74, 6) is -0.371. The number of allylic oxidation sites excluding steroid dienone is 2. The number of hydrogen-bond acceptors (Lipinski definition) is 2. The number of hydrogen-bond donors (Lipinski definition) is 1. The maximum Gasteiger partial charge on any atom is 0.416 e. The van der Waals surface area contributed by atoms with Crippen LogP contribution in [0.15, 0.2) is 78.4 Å². The fourth-order valence-electron chi connectivity index (χ4n) is 5.03. The minimum absolute atomic E-state index is 0.0550. The highest BCUT2D eigenvalue weighted by atomic mass is 19.4. The quantitative estimate of drug-likeness (QED) is 0.631.